The number of aliphatic hydroxyl groups is 1. The van der Waals surface area contributed by atoms with E-state index in [-0.39, 0.29) is 0 Å². The summed E-state index contributed by atoms with van der Waals surface area (Å²) in [5.74, 6) is -1.30. The topological polar surface area (TPSA) is 57.5 Å². The Morgan fingerprint density at radius 3 is 2.39 bits per heavy atom. The quantitative estimate of drug-likeness (QED) is 0.783. The van der Waals surface area contributed by atoms with Crippen molar-refractivity contribution in [2.75, 3.05) is 0 Å². The molecule has 0 saturated carbocycles. The smallest absolute Gasteiger partial charge is 0.344 e. The molecule has 1 unspecified atom stereocenters. The van der Waals surface area contributed by atoms with Crippen molar-refractivity contribution >= 4 is 5.97 Å². The van der Waals surface area contributed by atoms with Gasteiger partial charge in [0.1, 0.15) is 0 Å². The highest BCUT2D eigenvalue weighted by Gasteiger charge is 2.39. The molecule has 0 heterocycles. The first-order chi connectivity index (χ1) is 8.53. The van der Waals surface area contributed by atoms with E-state index in [0.29, 0.717) is 11.1 Å². The Bertz CT molecular complexity index is 486. The predicted octanol–water partition coefficient (Wildman–Crippen LogP) is 2.65. The Kier molecular flexibility index (Phi) is 4.63. The highest BCUT2D eigenvalue weighted by atomic mass is 16.4. The van der Waals surface area contributed by atoms with E-state index in [1.165, 1.54) is 0 Å². The molecule has 0 amide bonds. The van der Waals surface area contributed by atoms with Crippen LogP contribution in [0.4, 0.5) is 0 Å². The summed E-state index contributed by atoms with van der Waals surface area (Å²) in [6.45, 7) is 5.10. The van der Waals surface area contributed by atoms with Crippen LogP contribution in [-0.2, 0) is 10.4 Å². The molecule has 0 radical (unpaired) electrons. The van der Waals surface area contributed by atoms with Gasteiger partial charge in [-0.25, -0.2) is 4.79 Å². The second-order valence-electron chi connectivity index (χ2n) is 3.85. The van der Waals surface area contributed by atoms with Crippen molar-refractivity contribution in [2.24, 2.45) is 0 Å². The summed E-state index contributed by atoms with van der Waals surface area (Å²) in [6.07, 6.45) is 6.44. The van der Waals surface area contributed by atoms with Crippen LogP contribution in [-0.4, -0.2) is 16.2 Å². The Morgan fingerprint density at radius 1 is 1.28 bits per heavy atom. The third kappa shape index (κ3) is 2.76. The van der Waals surface area contributed by atoms with Gasteiger partial charge in [-0.05, 0) is 18.1 Å². The van der Waals surface area contributed by atoms with E-state index in [1.807, 2.05) is 0 Å². The van der Waals surface area contributed by atoms with Gasteiger partial charge in [0.2, 0.25) is 5.60 Å². The maximum absolute atomic E-state index is 11.4. The minimum absolute atomic E-state index is 0.332. The number of aliphatic carboxylic acids is 1. The average Bonchev–Trinajstić information content (AvgIpc) is 2.38. The van der Waals surface area contributed by atoms with Crippen LogP contribution < -0.4 is 0 Å². The van der Waals surface area contributed by atoms with Crippen molar-refractivity contribution in [1.29, 1.82) is 0 Å². The summed E-state index contributed by atoms with van der Waals surface area (Å²) in [7, 11) is 0. The first-order valence-electron chi connectivity index (χ1n) is 5.51. The second kappa shape index (κ2) is 5.98. The maximum Gasteiger partial charge on any atom is 0.344 e. The van der Waals surface area contributed by atoms with E-state index in [9.17, 15) is 15.0 Å². The largest absolute Gasteiger partial charge is 0.479 e. The molecule has 2 N–H and O–H groups in total. The fourth-order valence-electron chi connectivity index (χ4n) is 1.60. The standard InChI is InChI=1S/C15H16O3/c1-3-4-6-9-12(2)15(18,14(16)17)13-10-7-5-8-11-13/h3-11,18H,1H2,2H3,(H,16,17)/b6-4-,12-9+. The molecule has 3 nitrogen and oxygen atoms in total. The molecular formula is C15H16O3. The highest BCUT2D eigenvalue weighted by molar-refractivity contribution is 5.83. The Hall–Kier alpha value is -2.13. The van der Waals surface area contributed by atoms with Crippen LogP contribution in [0.25, 0.3) is 0 Å². The Balaban J connectivity index is 3.25. The first-order valence-corrected chi connectivity index (χ1v) is 5.51. The molecule has 0 bridgehead atoms. The number of rotatable bonds is 5. The molecular weight excluding hydrogens is 228 g/mol. The van der Waals surface area contributed by atoms with E-state index in [0.717, 1.165) is 0 Å². The molecule has 94 valence electrons. The van der Waals surface area contributed by atoms with E-state index >= 15 is 0 Å². The van der Waals surface area contributed by atoms with Crippen molar-refractivity contribution in [3.8, 4) is 0 Å². The first kappa shape index (κ1) is 13.9. The summed E-state index contributed by atoms with van der Waals surface area (Å²) < 4.78 is 0. The summed E-state index contributed by atoms with van der Waals surface area (Å²) >= 11 is 0. The molecule has 0 fully saturated rings. The SMILES string of the molecule is C=C/C=C\C=C(/C)C(O)(C(=O)O)c1ccccc1. The van der Waals surface area contributed by atoms with Crippen LogP contribution in [0.2, 0.25) is 0 Å². The lowest BCUT2D eigenvalue weighted by atomic mass is 9.86. The third-order valence-corrected chi connectivity index (χ3v) is 2.67. The number of hydrogen-bond acceptors (Lipinski definition) is 2. The van der Waals surface area contributed by atoms with Crippen molar-refractivity contribution in [1.82, 2.24) is 0 Å². The minimum Gasteiger partial charge on any atom is -0.479 e. The second-order valence-corrected chi connectivity index (χ2v) is 3.85. The average molecular weight is 244 g/mol. The van der Waals surface area contributed by atoms with E-state index < -0.39 is 11.6 Å². The van der Waals surface area contributed by atoms with Gasteiger partial charge in [-0.15, -0.1) is 0 Å². The van der Waals surface area contributed by atoms with Gasteiger partial charge in [-0.3, -0.25) is 0 Å². The summed E-state index contributed by atoms with van der Waals surface area (Å²) in [4.78, 5) is 11.4. The van der Waals surface area contributed by atoms with Gasteiger partial charge in [-0.2, -0.15) is 0 Å². The number of carboxylic acid groups (broad SMARTS) is 1. The number of carbonyl (C=O) groups is 1. The van der Waals surface area contributed by atoms with Crippen molar-refractivity contribution in [2.45, 2.75) is 12.5 Å². The molecule has 0 aromatic heterocycles. The number of hydrogen-bond donors (Lipinski definition) is 2. The molecule has 1 aromatic rings. The van der Waals surface area contributed by atoms with E-state index in [1.54, 1.807) is 61.6 Å². The fourth-order valence-corrected chi connectivity index (χ4v) is 1.60. The summed E-state index contributed by atoms with van der Waals surface area (Å²) in [5, 5.41) is 19.7. The molecule has 3 heteroatoms. The molecule has 1 atom stereocenters. The van der Waals surface area contributed by atoms with E-state index in [4.69, 9.17) is 0 Å². The lowest BCUT2D eigenvalue weighted by Crippen LogP contribution is -2.36. The number of allylic oxidation sites excluding steroid dienone is 4. The van der Waals surface area contributed by atoms with Crippen molar-refractivity contribution in [3.63, 3.8) is 0 Å². The van der Waals surface area contributed by atoms with Gasteiger partial charge in [0.05, 0.1) is 0 Å². The van der Waals surface area contributed by atoms with E-state index in [2.05, 4.69) is 6.58 Å². The van der Waals surface area contributed by atoms with Crippen molar-refractivity contribution in [3.05, 3.63) is 72.4 Å². The molecule has 0 saturated heterocycles. The highest BCUT2D eigenvalue weighted by Crippen LogP contribution is 2.29. The van der Waals surface area contributed by atoms with Crippen LogP contribution >= 0.6 is 0 Å². The molecule has 1 aromatic carbocycles. The van der Waals surface area contributed by atoms with Crippen LogP contribution in [0.5, 0.6) is 0 Å². The summed E-state index contributed by atoms with van der Waals surface area (Å²) in [5.41, 5.74) is -1.34. The van der Waals surface area contributed by atoms with Gasteiger partial charge in [-0.1, -0.05) is 61.2 Å². The van der Waals surface area contributed by atoms with Crippen molar-refractivity contribution < 1.29 is 15.0 Å². The normalized spacial score (nSPS) is 15.3. The molecule has 0 aliphatic heterocycles. The maximum atomic E-state index is 11.4. The van der Waals surface area contributed by atoms with Gasteiger partial charge in [0.25, 0.3) is 0 Å². The Morgan fingerprint density at radius 2 is 1.89 bits per heavy atom. The molecule has 0 spiro atoms. The van der Waals surface area contributed by atoms with Gasteiger partial charge >= 0.3 is 5.97 Å². The minimum atomic E-state index is -2.01. The van der Waals surface area contributed by atoms with Crippen LogP contribution in [0.1, 0.15) is 12.5 Å². The van der Waals surface area contributed by atoms with Crippen LogP contribution in [0, 0.1) is 0 Å². The van der Waals surface area contributed by atoms with Crippen LogP contribution in [0.15, 0.2) is 66.8 Å². The van der Waals surface area contributed by atoms with Gasteiger partial charge in [0.15, 0.2) is 0 Å². The zero-order valence-corrected chi connectivity index (χ0v) is 10.2. The summed E-state index contributed by atoms with van der Waals surface area (Å²) in [6, 6.07) is 8.32. The lowest BCUT2D eigenvalue weighted by Gasteiger charge is -2.24. The lowest BCUT2D eigenvalue weighted by molar-refractivity contribution is -0.155. The Labute approximate surface area is 106 Å². The molecule has 0 aliphatic rings. The van der Waals surface area contributed by atoms with Gasteiger partial charge < -0.3 is 10.2 Å². The van der Waals surface area contributed by atoms with Crippen LogP contribution in [0.3, 0.4) is 0 Å². The fraction of sp³-hybridized carbons (Fsp3) is 0.133. The molecule has 18 heavy (non-hydrogen) atoms. The zero-order chi connectivity index (χ0) is 13.6. The molecule has 1 rings (SSSR count). The molecule has 0 aliphatic carbocycles. The monoisotopic (exact) mass is 244 g/mol. The number of carboxylic acids is 1. The zero-order valence-electron chi connectivity index (χ0n) is 10.2. The third-order valence-electron chi connectivity index (χ3n) is 2.67. The number of benzene rings is 1. The van der Waals surface area contributed by atoms with Gasteiger partial charge in [0, 0.05) is 0 Å². The predicted molar refractivity (Wildman–Crippen MR) is 71.1 cm³/mol.